The maximum Gasteiger partial charge on any atom is 0.291 e. The molecule has 0 N–H and O–H groups in total. The largest absolute Gasteiger partial charge is 0.490 e. The summed E-state index contributed by atoms with van der Waals surface area (Å²) in [6.07, 6.45) is 0.799. The molecule has 1 amide bonds. The number of carbonyl (C=O) groups excluding carboxylic acids is 3. The van der Waals surface area contributed by atoms with Crippen LogP contribution in [0.25, 0.3) is 0 Å². The molecule has 8 heteroatoms. The molecule has 2 saturated heterocycles. The van der Waals surface area contributed by atoms with Crippen molar-refractivity contribution in [3.63, 3.8) is 0 Å². The zero-order valence-corrected chi connectivity index (χ0v) is 18.8. The van der Waals surface area contributed by atoms with Crippen LogP contribution in [0.5, 0.6) is 5.75 Å². The summed E-state index contributed by atoms with van der Waals surface area (Å²) in [5.41, 5.74) is 1.43. The first kappa shape index (κ1) is 21.3. The molecule has 2 fully saturated rings. The van der Waals surface area contributed by atoms with Crippen LogP contribution in [0, 0.1) is 5.92 Å². The molecular formula is C24H26N2O5S. The number of hydrogen-bond donors (Lipinski definition) is 0. The second-order valence-corrected chi connectivity index (χ2v) is 9.55. The van der Waals surface area contributed by atoms with Gasteiger partial charge in [-0.3, -0.25) is 19.3 Å². The first-order valence-corrected chi connectivity index (χ1v) is 11.9. The van der Waals surface area contributed by atoms with E-state index in [-0.39, 0.29) is 11.9 Å². The van der Waals surface area contributed by atoms with E-state index in [9.17, 15) is 14.4 Å². The fourth-order valence-corrected chi connectivity index (χ4v) is 5.71. The molecule has 32 heavy (non-hydrogen) atoms. The molecule has 4 heterocycles. The highest BCUT2D eigenvalue weighted by molar-refractivity contribution is 7.10. The molecular weight excluding hydrogens is 428 g/mol. The highest BCUT2D eigenvalue weighted by Crippen LogP contribution is 2.40. The lowest BCUT2D eigenvalue weighted by molar-refractivity contribution is -0.141. The number of rotatable bonds is 6. The van der Waals surface area contributed by atoms with E-state index < -0.39 is 23.7 Å². The van der Waals surface area contributed by atoms with Gasteiger partial charge in [0.2, 0.25) is 5.78 Å². The fraction of sp³-hybridized carbons (Fsp3) is 0.458. The number of morpholine rings is 1. The Morgan fingerprint density at radius 2 is 1.97 bits per heavy atom. The van der Waals surface area contributed by atoms with Crippen LogP contribution in [-0.4, -0.2) is 72.8 Å². The number of thiophene rings is 1. The second kappa shape index (κ2) is 8.77. The minimum atomic E-state index is -1.02. The van der Waals surface area contributed by atoms with Crippen molar-refractivity contribution in [1.29, 1.82) is 0 Å². The van der Waals surface area contributed by atoms with E-state index >= 15 is 0 Å². The highest BCUT2D eigenvalue weighted by Gasteiger charge is 2.52. The molecule has 0 radical (unpaired) electrons. The summed E-state index contributed by atoms with van der Waals surface area (Å²) in [6, 6.07) is 8.56. The molecule has 0 aliphatic carbocycles. The van der Waals surface area contributed by atoms with Gasteiger partial charge < -0.3 is 14.4 Å². The fourth-order valence-electron chi connectivity index (χ4n) is 4.83. The lowest BCUT2D eigenvalue weighted by Crippen LogP contribution is -2.42. The monoisotopic (exact) mass is 454 g/mol. The number of ether oxygens (including phenoxy) is 2. The third kappa shape index (κ3) is 3.87. The van der Waals surface area contributed by atoms with E-state index in [0.29, 0.717) is 31.9 Å². The number of amides is 1. The number of benzene rings is 1. The van der Waals surface area contributed by atoms with Gasteiger partial charge >= 0.3 is 0 Å². The quantitative estimate of drug-likeness (QED) is 0.379. The Kier molecular flexibility index (Phi) is 5.84. The molecule has 1 aromatic heterocycles. The Balaban J connectivity index is 1.42. The minimum absolute atomic E-state index is 0.0691. The summed E-state index contributed by atoms with van der Waals surface area (Å²) in [7, 11) is 0. The van der Waals surface area contributed by atoms with Gasteiger partial charge in [-0.15, -0.1) is 11.3 Å². The lowest BCUT2D eigenvalue weighted by atomic mass is 9.88. The Morgan fingerprint density at radius 3 is 2.72 bits per heavy atom. The summed E-state index contributed by atoms with van der Waals surface area (Å²) in [5.74, 6) is -1.71. The van der Waals surface area contributed by atoms with Crippen LogP contribution in [0.3, 0.4) is 0 Å². The number of hydrogen-bond acceptors (Lipinski definition) is 7. The van der Waals surface area contributed by atoms with Gasteiger partial charge in [-0.25, -0.2) is 0 Å². The molecule has 2 aromatic rings. The van der Waals surface area contributed by atoms with Gasteiger partial charge in [0.15, 0.2) is 5.78 Å². The molecule has 7 nitrogen and oxygen atoms in total. The maximum absolute atomic E-state index is 13.6. The van der Waals surface area contributed by atoms with Crippen molar-refractivity contribution < 1.29 is 23.9 Å². The smallest absolute Gasteiger partial charge is 0.291 e. The Hall–Kier alpha value is -2.55. The van der Waals surface area contributed by atoms with E-state index in [2.05, 4.69) is 4.90 Å². The van der Waals surface area contributed by atoms with Crippen molar-refractivity contribution in [3.05, 3.63) is 51.7 Å². The van der Waals surface area contributed by atoms with Crippen molar-refractivity contribution in [2.75, 3.05) is 39.4 Å². The molecule has 0 bridgehead atoms. The van der Waals surface area contributed by atoms with Crippen molar-refractivity contribution in [2.45, 2.75) is 25.5 Å². The molecule has 1 aromatic carbocycles. The summed E-state index contributed by atoms with van der Waals surface area (Å²) in [4.78, 5) is 44.4. The van der Waals surface area contributed by atoms with Crippen LogP contribution in [0.2, 0.25) is 0 Å². The van der Waals surface area contributed by atoms with E-state index in [1.165, 1.54) is 11.3 Å². The standard InChI is InChI=1S/C24H26N2O5S/c1-15-13-17-14-16(4-5-18(17)31-15)22(27)20-21(19-3-2-12-32-19)26(24(29)23(20)28)7-6-25-8-10-30-11-9-25/h2-5,12,14-15,20-21H,6-11,13H2,1H3. The van der Waals surface area contributed by atoms with Crippen LogP contribution in [0.15, 0.2) is 35.7 Å². The molecule has 168 valence electrons. The van der Waals surface area contributed by atoms with Gasteiger partial charge in [0, 0.05) is 43.0 Å². The zero-order chi connectivity index (χ0) is 22.2. The van der Waals surface area contributed by atoms with Crippen LogP contribution in [0.1, 0.15) is 33.8 Å². The van der Waals surface area contributed by atoms with Crippen LogP contribution >= 0.6 is 11.3 Å². The number of carbonyl (C=O) groups is 3. The van der Waals surface area contributed by atoms with E-state index in [0.717, 1.165) is 35.7 Å². The van der Waals surface area contributed by atoms with Gasteiger partial charge in [0.05, 0.1) is 19.3 Å². The molecule has 3 unspecified atom stereocenters. The normalized spacial score (nSPS) is 25.8. The van der Waals surface area contributed by atoms with Crippen LogP contribution in [0.4, 0.5) is 0 Å². The predicted octanol–water partition coefficient (Wildman–Crippen LogP) is 2.36. The predicted molar refractivity (Wildman–Crippen MR) is 119 cm³/mol. The van der Waals surface area contributed by atoms with Gasteiger partial charge in [-0.1, -0.05) is 6.07 Å². The van der Waals surface area contributed by atoms with Gasteiger partial charge in [0.1, 0.15) is 17.8 Å². The maximum atomic E-state index is 13.6. The summed E-state index contributed by atoms with van der Waals surface area (Å²) in [6.45, 7) is 5.99. The van der Waals surface area contributed by atoms with E-state index in [1.54, 1.807) is 17.0 Å². The number of likely N-dealkylation sites (tertiary alicyclic amines) is 1. The second-order valence-electron chi connectivity index (χ2n) is 8.57. The zero-order valence-electron chi connectivity index (χ0n) is 18.0. The van der Waals surface area contributed by atoms with Crippen molar-refractivity contribution in [2.24, 2.45) is 5.92 Å². The first-order valence-electron chi connectivity index (χ1n) is 11.0. The number of ketones is 2. The van der Waals surface area contributed by atoms with E-state index in [4.69, 9.17) is 9.47 Å². The summed E-state index contributed by atoms with van der Waals surface area (Å²) >= 11 is 1.47. The molecule has 3 aliphatic heterocycles. The SMILES string of the molecule is CC1Cc2cc(C(=O)C3C(=O)C(=O)N(CCN4CCOCC4)C3c3cccs3)ccc2O1. The van der Waals surface area contributed by atoms with Crippen LogP contribution in [-0.2, 0) is 20.7 Å². The average molecular weight is 455 g/mol. The summed E-state index contributed by atoms with van der Waals surface area (Å²) < 4.78 is 11.1. The van der Waals surface area contributed by atoms with Gasteiger partial charge in [-0.2, -0.15) is 0 Å². The lowest BCUT2D eigenvalue weighted by Gasteiger charge is -2.31. The van der Waals surface area contributed by atoms with Gasteiger partial charge in [0.25, 0.3) is 5.91 Å². The molecule has 0 saturated carbocycles. The summed E-state index contributed by atoms with van der Waals surface area (Å²) in [5, 5.41) is 1.92. The molecule has 0 spiro atoms. The topological polar surface area (TPSA) is 76.2 Å². The van der Waals surface area contributed by atoms with Crippen molar-refractivity contribution in [1.82, 2.24) is 9.80 Å². The average Bonchev–Trinajstić information content (AvgIpc) is 3.51. The van der Waals surface area contributed by atoms with Crippen LogP contribution < -0.4 is 4.74 Å². The van der Waals surface area contributed by atoms with E-state index in [1.807, 2.05) is 30.5 Å². The highest BCUT2D eigenvalue weighted by atomic mass is 32.1. The Bertz CT molecular complexity index is 1030. The Labute approximate surface area is 190 Å². The third-order valence-corrected chi connectivity index (χ3v) is 7.41. The number of fused-ring (bicyclic) bond motifs is 1. The first-order chi connectivity index (χ1) is 15.5. The molecule has 3 aliphatic rings. The minimum Gasteiger partial charge on any atom is -0.490 e. The molecule has 3 atom stereocenters. The Morgan fingerprint density at radius 1 is 1.16 bits per heavy atom. The number of Topliss-reactive ketones (excluding diaryl/α,β-unsaturated/α-hetero) is 2. The van der Waals surface area contributed by atoms with Crippen molar-refractivity contribution >= 4 is 28.8 Å². The number of nitrogens with zero attached hydrogens (tertiary/aromatic N) is 2. The third-order valence-electron chi connectivity index (χ3n) is 6.46. The van der Waals surface area contributed by atoms with Crippen molar-refractivity contribution in [3.8, 4) is 5.75 Å². The van der Waals surface area contributed by atoms with Gasteiger partial charge in [-0.05, 0) is 42.1 Å². The molecule has 5 rings (SSSR count).